The molecule has 0 fully saturated rings. The van der Waals surface area contributed by atoms with Crippen LogP contribution in [0.5, 0.6) is 0 Å². The van der Waals surface area contributed by atoms with Crippen LogP contribution in [0.3, 0.4) is 0 Å². The van der Waals surface area contributed by atoms with Crippen molar-refractivity contribution in [3.8, 4) is 0 Å². The van der Waals surface area contributed by atoms with Crippen molar-refractivity contribution in [3.63, 3.8) is 0 Å². The fraction of sp³-hybridized carbons (Fsp3) is 0.955. The summed E-state index contributed by atoms with van der Waals surface area (Å²) in [4.78, 5) is 38.3. The van der Waals surface area contributed by atoms with Gasteiger partial charge in [0, 0.05) is 19.3 Å². The van der Waals surface area contributed by atoms with Crippen molar-refractivity contribution in [1.82, 2.24) is 0 Å². The molecule has 0 saturated heterocycles. The Kier molecular flexibility index (Phi) is 57.4. The van der Waals surface area contributed by atoms with Gasteiger partial charge in [-0.25, -0.2) is 0 Å². The lowest BCUT2D eigenvalue weighted by atomic mass is 10.0. The minimum atomic E-state index is -0.764. The quantitative estimate of drug-likeness (QED) is 0.0343. The zero-order valence-electron chi connectivity index (χ0n) is 49.6. The third-order valence-electron chi connectivity index (χ3n) is 15.2. The van der Waals surface area contributed by atoms with Crippen LogP contribution >= 0.6 is 0 Å². The summed E-state index contributed by atoms with van der Waals surface area (Å²) in [5, 5.41) is 0. The number of rotatable bonds is 60. The predicted molar refractivity (Wildman–Crippen MR) is 312 cm³/mol. The molecular formula is C66H128O6. The topological polar surface area (TPSA) is 78.9 Å². The Hall–Kier alpha value is -1.59. The second-order valence-electron chi connectivity index (χ2n) is 23.7. The van der Waals surface area contributed by atoms with Crippen LogP contribution < -0.4 is 0 Å². The van der Waals surface area contributed by atoms with E-state index in [0.717, 1.165) is 69.6 Å². The molecule has 0 heterocycles. The van der Waals surface area contributed by atoms with E-state index in [1.165, 1.54) is 263 Å². The van der Waals surface area contributed by atoms with E-state index in [-0.39, 0.29) is 31.1 Å². The molecule has 0 aromatic heterocycles. The molecule has 0 bridgehead atoms. The molecule has 428 valence electrons. The maximum absolute atomic E-state index is 12.9. The second kappa shape index (κ2) is 58.7. The molecular weight excluding hydrogens is 889 g/mol. The lowest BCUT2D eigenvalue weighted by Crippen LogP contribution is -2.30. The van der Waals surface area contributed by atoms with Crippen LogP contribution in [0, 0.1) is 11.8 Å². The molecule has 0 aliphatic heterocycles. The highest BCUT2D eigenvalue weighted by atomic mass is 16.6. The first-order chi connectivity index (χ1) is 35.2. The molecule has 0 amide bonds. The average molecular weight is 1020 g/mol. The highest BCUT2D eigenvalue weighted by molar-refractivity contribution is 5.71. The maximum Gasteiger partial charge on any atom is 0.306 e. The van der Waals surface area contributed by atoms with Gasteiger partial charge in [0.15, 0.2) is 6.10 Å². The van der Waals surface area contributed by atoms with E-state index in [9.17, 15) is 14.4 Å². The Bertz CT molecular complexity index is 1100. The number of unbranched alkanes of at least 4 members (excludes halogenated alkanes) is 45. The van der Waals surface area contributed by atoms with Gasteiger partial charge in [0.05, 0.1) is 0 Å². The van der Waals surface area contributed by atoms with Gasteiger partial charge in [-0.2, -0.15) is 0 Å². The summed E-state index contributed by atoms with van der Waals surface area (Å²) in [5.41, 5.74) is 0. The van der Waals surface area contributed by atoms with Gasteiger partial charge in [-0.3, -0.25) is 14.4 Å². The number of hydrogen-bond donors (Lipinski definition) is 0. The molecule has 0 unspecified atom stereocenters. The zero-order valence-corrected chi connectivity index (χ0v) is 49.6. The molecule has 72 heavy (non-hydrogen) atoms. The number of hydrogen-bond acceptors (Lipinski definition) is 6. The summed E-state index contributed by atoms with van der Waals surface area (Å²) >= 11 is 0. The summed E-state index contributed by atoms with van der Waals surface area (Å²) in [5.74, 6) is 0.863. The highest BCUT2D eigenvalue weighted by Crippen LogP contribution is 2.19. The number of carbonyl (C=O) groups is 3. The fourth-order valence-corrected chi connectivity index (χ4v) is 10.3. The Balaban J connectivity index is 4.28. The van der Waals surface area contributed by atoms with Crippen LogP contribution in [-0.2, 0) is 28.6 Å². The molecule has 0 saturated carbocycles. The number of carbonyl (C=O) groups excluding carboxylic acids is 3. The van der Waals surface area contributed by atoms with Crippen molar-refractivity contribution in [2.75, 3.05) is 13.2 Å². The third kappa shape index (κ3) is 59.3. The van der Waals surface area contributed by atoms with E-state index in [4.69, 9.17) is 14.2 Å². The van der Waals surface area contributed by atoms with Gasteiger partial charge in [-0.05, 0) is 31.1 Å². The Morgan fingerprint density at radius 1 is 0.264 bits per heavy atom. The highest BCUT2D eigenvalue weighted by Gasteiger charge is 2.19. The second-order valence-corrected chi connectivity index (χ2v) is 23.7. The van der Waals surface area contributed by atoms with Crippen LogP contribution in [-0.4, -0.2) is 37.2 Å². The third-order valence-corrected chi connectivity index (χ3v) is 15.2. The fourth-order valence-electron chi connectivity index (χ4n) is 10.3. The molecule has 0 N–H and O–H groups in total. The van der Waals surface area contributed by atoms with Crippen LogP contribution in [0.1, 0.15) is 375 Å². The Morgan fingerprint density at radius 3 is 0.681 bits per heavy atom. The molecule has 0 aliphatic carbocycles. The SMILES string of the molecule is CCCCCCCCCCCCCCCCCCCCCC(=O)O[C@H](COC(=O)CCCCCCCCCCCCCCCCCCC(C)C)COC(=O)CCCCCCCCCCCCCCCC(C)C. The van der Waals surface area contributed by atoms with Crippen molar-refractivity contribution in [2.24, 2.45) is 11.8 Å². The molecule has 1 atom stereocenters. The zero-order chi connectivity index (χ0) is 52.5. The van der Waals surface area contributed by atoms with Gasteiger partial charge in [0.1, 0.15) is 13.2 Å². The minimum absolute atomic E-state index is 0.0617. The van der Waals surface area contributed by atoms with Gasteiger partial charge in [-0.15, -0.1) is 0 Å². The number of ether oxygens (including phenoxy) is 3. The van der Waals surface area contributed by atoms with Crippen LogP contribution in [0.2, 0.25) is 0 Å². The molecule has 0 rings (SSSR count). The largest absolute Gasteiger partial charge is 0.462 e. The minimum Gasteiger partial charge on any atom is -0.462 e. The van der Waals surface area contributed by atoms with E-state index < -0.39 is 6.10 Å². The molecule has 6 heteroatoms. The van der Waals surface area contributed by atoms with Gasteiger partial charge < -0.3 is 14.2 Å². The Labute approximate surface area is 450 Å². The molecule has 0 spiro atoms. The van der Waals surface area contributed by atoms with Crippen LogP contribution in [0.4, 0.5) is 0 Å². The Morgan fingerprint density at radius 2 is 0.458 bits per heavy atom. The smallest absolute Gasteiger partial charge is 0.306 e. The van der Waals surface area contributed by atoms with Crippen molar-refractivity contribution < 1.29 is 28.6 Å². The molecule has 0 aliphatic rings. The summed E-state index contributed by atoms with van der Waals surface area (Å²) in [6.07, 6.45) is 65.3. The van der Waals surface area contributed by atoms with Gasteiger partial charge >= 0.3 is 17.9 Å². The van der Waals surface area contributed by atoms with Gasteiger partial charge in [-0.1, -0.05) is 336 Å². The van der Waals surface area contributed by atoms with E-state index in [1.54, 1.807) is 0 Å². The van der Waals surface area contributed by atoms with Gasteiger partial charge in [0.25, 0.3) is 0 Å². The summed E-state index contributed by atoms with van der Waals surface area (Å²) in [6.45, 7) is 11.5. The first kappa shape index (κ1) is 70.4. The van der Waals surface area contributed by atoms with Crippen molar-refractivity contribution in [1.29, 1.82) is 0 Å². The summed E-state index contributed by atoms with van der Waals surface area (Å²) < 4.78 is 17.0. The van der Waals surface area contributed by atoms with Crippen molar-refractivity contribution in [3.05, 3.63) is 0 Å². The predicted octanol–water partition coefficient (Wildman–Crippen LogP) is 22.0. The monoisotopic (exact) mass is 1020 g/mol. The molecule has 0 radical (unpaired) electrons. The van der Waals surface area contributed by atoms with E-state index in [1.807, 2.05) is 0 Å². The lowest BCUT2D eigenvalue weighted by Gasteiger charge is -2.18. The van der Waals surface area contributed by atoms with E-state index in [0.29, 0.717) is 19.3 Å². The first-order valence-corrected chi connectivity index (χ1v) is 32.7. The lowest BCUT2D eigenvalue weighted by molar-refractivity contribution is -0.167. The maximum atomic E-state index is 12.9. The molecule has 6 nitrogen and oxygen atoms in total. The molecule has 0 aromatic rings. The molecule has 0 aromatic carbocycles. The summed E-state index contributed by atoms with van der Waals surface area (Å²) in [7, 11) is 0. The first-order valence-electron chi connectivity index (χ1n) is 32.7. The number of esters is 3. The average Bonchev–Trinajstić information content (AvgIpc) is 3.36. The van der Waals surface area contributed by atoms with E-state index >= 15 is 0 Å². The van der Waals surface area contributed by atoms with Crippen LogP contribution in [0.25, 0.3) is 0 Å². The van der Waals surface area contributed by atoms with E-state index in [2.05, 4.69) is 34.6 Å². The normalized spacial score (nSPS) is 12.0. The standard InChI is InChI=1S/C66H128O6/c1-6-7-8-9-10-11-12-13-14-15-16-17-22-27-33-38-43-48-53-58-66(69)72-63(60-71-65(68)57-52-47-42-37-32-28-23-25-30-35-40-45-50-55-62(4)5)59-70-64(67)56-51-46-41-36-31-26-21-19-18-20-24-29-34-39-44-49-54-61(2)3/h61-63H,6-60H2,1-5H3/t63-/m1/s1. The summed E-state index contributed by atoms with van der Waals surface area (Å²) in [6, 6.07) is 0. The van der Waals surface area contributed by atoms with Gasteiger partial charge in [0.2, 0.25) is 0 Å². The van der Waals surface area contributed by atoms with Crippen molar-refractivity contribution >= 4 is 17.9 Å². The van der Waals surface area contributed by atoms with Crippen LogP contribution in [0.15, 0.2) is 0 Å². The van der Waals surface area contributed by atoms with Crippen molar-refractivity contribution in [2.45, 2.75) is 381 Å².